The number of halogens is 1. The summed E-state index contributed by atoms with van der Waals surface area (Å²) in [5.74, 6) is -0.630. The first kappa shape index (κ1) is 15.5. The Kier molecular flexibility index (Phi) is 4.29. The van der Waals surface area contributed by atoms with Crippen LogP contribution in [0.3, 0.4) is 0 Å². The highest BCUT2D eigenvalue weighted by atomic mass is 32.2. The fourth-order valence-corrected chi connectivity index (χ4v) is 3.13. The summed E-state index contributed by atoms with van der Waals surface area (Å²) in [7, 11) is -2.37. The summed E-state index contributed by atoms with van der Waals surface area (Å²) in [5, 5.41) is 9.05. The van der Waals surface area contributed by atoms with Crippen LogP contribution in [-0.4, -0.2) is 20.6 Å². The number of nitrogens with zero attached hydrogens (tertiary/aromatic N) is 1. The van der Waals surface area contributed by atoms with Crippen LogP contribution in [0.15, 0.2) is 47.4 Å². The fraction of sp³-hybridized carbons (Fsp3) is 0.200. The molecule has 0 atom stereocenters. The quantitative estimate of drug-likeness (QED) is 0.944. The topological polar surface area (TPSA) is 57.6 Å². The summed E-state index contributed by atoms with van der Waals surface area (Å²) in [6.07, 6.45) is 0. The fourth-order valence-electron chi connectivity index (χ4n) is 1.88. The lowest BCUT2D eigenvalue weighted by molar-refractivity contribution is 0.275. The molecule has 0 aliphatic rings. The minimum atomic E-state index is -3.80. The molecule has 2 aromatic rings. The molecular formula is C15H16FNO3S. The summed E-state index contributed by atoms with van der Waals surface area (Å²) in [5.41, 5.74) is 1.48. The lowest BCUT2D eigenvalue weighted by Gasteiger charge is -2.20. The Bertz CT molecular complexity index is 742. The second-order valence-corrected chi connectivity index (χ2v) is 6.69. The van der Waals surface area contributed by atoms with Crippen LogP contribution in [0, 0.1) is 12.7 Å². The summed E-state index contributed by atoms with van der Waals surface area (Å²) in [4.78, 5) is -0.0592. The molecule has 4 nitrogen and oxygen atoms in total. The summed E-state index contributed by atoms with van der Waals surface area (Å²) in [6.45, 7) is 1.36. The van der Waals surface area contributed by atoms with Gasteiger partial charge in [0.2, 0.25) is 0 Å². The molecule has 21 heavy (non-hydrogen) atoms. The molecule has 112 valence electrons. The minimum Gasteiger partial charge on any atom is -0.392 e. The van der Waals surface area contributed by atoms with E-state index < -0.39 is 22.4 Å². The molecule has 0 saturated heterocycles. The van der Waals surface area contributed by atoms with Crippen molar-refractivity contribution >= 4 is 15.7 Å². The molecule has 0 fully saturated rings. The van der Waals surface area contributed by atoms with Gasteiger partial charge in [0.25, 0.3) is 10.0 Å². The monoisotopic (exact) mass is 309 g/mol. The van der Waals surface area contributed by atoms with Gasteiger partial charge in [0.05, 0.1) is 17.2 Å². The molecule has 0 aliphatic heterocycles. The van der Waals surface area contributed by atoms with Gasteiger partial charge in [-0.05, 0) is 37.3 Å². The van der Waals surface area contributed by atoms with Crippen molar-refractivity contribution in [3.63, 3.8) is 0 Å². The average Bonchev–Trinajstić information content (AvgIpc) is 2.47. The zero-order chi connectivity index (χ0) is 15.6. The molecule has 0 saturated carbocycles. The van der Waals surface area contributed by atoms with Crippen LogP contribution in [-0.2, 0) is 16.6 Å². The molecule has 0 aromatic heterocycles. The molecule has 6 heteroatoms. The number of aliphatic hydroxyl groups excluding tert-OH is 1. The van der Waals surface area contributed by atoms with Gasteiger partial charge < -0.3 is 5.11 Å². The van der Waals surface area contributed by atoms with Crippen LogP contribution in [0.25, 0.3) is 0 Å². The van der Waals surface area contributed by atoms with Gasteiger partial charge in [-0.25, -0.2) is 12.8 Å². The van der Waals surface area contributed by atoms with Crippen LogP contribution >= 0.6 is 0 Å². The van der Waals surface area contributed by atoms with E-state index in [4.69, 9.17) is 5.11 Å². The summed E-state index contributed by atoms with van der Waals surface area (Å²) < 4.78 is 39.5. The van der Waals surface area contributed by atoms with Crippen LogP contribution < -0.4 is 4.31 Å². The Morgan fingerprint density at radius 1 is 1.14 bits per heavy atom. The molecule has 0 spiro atoms. The highest BCUT2D eigenvalue weighted by Gasteiger charge is 2.22. The Hall–Kier alpha value is -1.92. The molecule has 0 unspecified atom stereocenters. The van der Waals surface area contributed by atoms with E-state index in [-0.39, 0.29) is 10.5 Å². The third-order valence-corrected chi connectivity index (χ3v) is 5.03. The van der Waals surface area contributed by atoms with Gasteiger partial charge in [0.15, 0.2) is 0 Å². The smallest absolute Gasteiger partial charge is 0.264 e. The van der Waals surface area contributed by atoms with Crippen LogP contribution in [0.5, 0.6) is 0 Å². The van der Waals surface area contributed by atoms with E-state index >= 15 is 0 Å². The molecule has 2 rings (SSSR count). The highest BCUT2D eigenvalue weighted by Crippen LogP contribution is 2.23. The Morgan fingerprint density at radius 3 is 2.33 bits per heavy atom. The molecule has 0 radical (unpaired) electrons. The molecule has 0 bridgehead atoms. The second kappa shape index (κ2) is 5.83. The standard InChI is InChI=1S/C15H16FNO3S/c1-11-3-5-13(6-4-11)17(2)21(19,20)14-7-8-15(16)12(9-14)10-18/h3-9,18H,10H2,1-2H3. The summed E-state index contributed by atoms with van der Waals surface area (Å²) in [6, 6.07) is 10.4. The lowest BCUT2D eigenvalue weighted by Crippen LogP contribution is -2.26. The van der Waals surface area contributed by atoms with Crippen LogP contribution in [0.1, 0.15) is 11.1 Å². The second-order valence-electron chi connectivity index (χ2n) is 4.72. The van der Waals surface area contributed by atoms with Crippen LogP contribution in [0.4, 0.5) is 10.1 Å². The van der Waals surface area contributed by atoms with Gasteiger partial charge >= 0.3 is 0 Å². The first-order chi connectivity index (χ1) is 9.86. The predicted molar refractivity (Wildman–Crippen MR) is 79.1 cm³/mol. The molecule has 2 aromatic carbocycles. The van der Waals surface area contributed by atoms with Crippen molar-refractivity contribution in [3.05, 3.63) is 59.4 Å². The molecule has 1 N–H and O–H groups in total. The maximum atomic E-state index is 13.4. The average molecular weight is 309 g/mol. The van der Waals surface area contributed by atoms with E-state index in [0.29, 0.717) is 5.69 Å². The maximum Gasteiger partial charge on any atom is 0.264 e. The van der Waals surface area contributed by atoms with Crippen molar-refractivity contribution in [1.82, 2.24) is 0 Å². The number of aliphatic hydroxyl groups is 1. The van der Waals surface area contributed by atoms with E-state index in [1.807, 2.05) is 19.1 Å². The van der Waals surface area contributed by atoms with Gasteiger partial charge in [-0.1, -0.05) is 17.7 Å². The normalized spacial score (nSPS) is 11.4. The van der Waals surface area contributed by atoms with Crippen LogP contribution in [0.2, 0.25) is 0 Å². The largest absolute Gasteiger partial charge is 0.392 e. The van der Waals surface area contributed by atoms with E-state index in [1.54, 1.807) is 12.1 Å². The number of aryl methyl sites for hydroxylation is 1. The minimum absolute atomic E-state index is 0.0478. The first-order valence-electron chi connectivity index (χ1n) is 6.31. The SMILES string of the molecule is Cc1ccc(N(C)S(=O)(=O)c2ccc(F)c(CO)c2)cc1. The molecule has 0 aliphatic carbocycles. The van der Waals surface area contributed by atoms with Crippen molar-refractivity contribution in [1.29, 1.82) is 0 Å². The molecule has 0 amide bonds. The van der Waals surface area contributed by atoms with Gasteiger partial charge in [0, 0.05) is 12.6 Å². The Balaban J connectivity index is 2.43. The van der Waals surface area contributed by atoms with E-state index in [0.717, 1.165) is 22.0 Å². The number of hydrogen-bond acceptors (Lipinski definition) is 3. The third kappa shape index (κ3) is 3.06. The summed E-state index contributed by atoms with van der Waals surface area (Å²) >= 11 is 0. The number of rotatable bonds is 4. The molecular weight excluding hydrogens is 293 g/mol. The third-order valence-electron chi connectivity index (χ3n) is 3.24. The molecule has 0 heterocycles. The van der Waals surface area contributed by atoms with Gasteiger partial charge in [-0.2, -0.15) is 0 Å². The van der Waals surface area contributed by atoms with Crippen molar-refractivity contribution in [2.45, 2.75) is 18.4 Å². The zero-order valence-electron chi connectivity index (χ0n) is 11.7. The lowest BCUT2D eigenvalue weighted by atomic mass is 10.2. The number of benzene rings is 2. The van der Waals surface area contributed by atoms with E-state index in [2.05, 4.69) is 0 Å². The highest BCUT2D eigenvalue weighted by molar-refractivity contribution is 7.92. The Morgan fingerprint density at radius 2 is 1.76 bits per heavy atom. The Labute approximate surface area is 123 Å². The van der Waals surface area contributed by atoms with E-state index in [1.165, 1.54) is 13.1 Å². The van der Waals surface area contributed by atoms with Gasteiger partial charge in [-0.3, -0.25) is 4.31 Å². The van der Waals surface area contributed by atoms with Crippen molar-refractivity contribution in [3.8, 4) is 0 Å². The van der Waals surface area contributed by atoms with Crippen molar-refractivity contribution in [2.75, 3.05) is 11.4 Å². The number of anilines is 1. The number of sulfonamides is 1. The van der Waals surface area contributed by atoms with Crippen molar-refractivity contribution < 1.29 is 17.9 Å². The zero-order valence-corrected chi connectivity index (χ0v) is 12.6. The van der Waals surface area contributed by atoms with Gasteiger partial charge in [0.1, 0.15) is 5.82 Å². The predicted octanol–water partition coefficient (Wildman–Crippen LogP) is 2.45. The van der Waals surface area contributed by atoms with E-state index in [9.17, 15) is 12.8 Å². The maximum absolute atomic E-state index is 13.4. The number of hydrogen-bond donors (Lipinski definition) is 1. The van der Waals surface area contributed by atoms with Crippen molar-refractivity contribution in [2.24, 2.45) is 0 Å². The first-order valence-corrected chi connectivity index (χ1v) is 7.75. The van der Waals surface area contributed by atoms with Gasteiger partial charge in [-0.15, -0.1) is 0 Å².